The van der Waals surface area contributed by atoms with E-state index in [1.165, 1.54) is 6.92 Å². The predicted octanol–water partition coefficient (Wildman–Crippen LogP) is -0.623. The van der Waals surface area contributed by atoms with Gasteiger partial charge in [0.15, 0.2) is 0 Å². The van der Waals surface area contributed by atoms with Crippen LogP contribution in [0.4, 0.5) is 5.69 Å². The Labute approximate surface area is 200 Å². The summed E-state index contributed by atoms with van der Waals surface area (Å²) >= 11 is 0. The maximum absolute atomic E-state index is 13.1. The lowest BCUT2D eigenvalue weighted by Gasteiger charge is -2.25. The number of nitrogens with one attached hydrogen (secondary N) is 3. The smallest absolute Gasteiger partial charge is 0.252 e. The summed E-state index contributed by atoms with van der Waals surface area (Å²) in [5, 5.41) is 54.4. The number of carbonyl (C=O) groups is 3. The molecular weight excluding hydrogens is 446 g/mol. The van der Waals surface area contributed by atoms with Crippen molar-refractivity contribution in [2.24, 2.45) is 0 Å². The van der Waals surface area contributed by atoms with E-state index in [2.05, 4.69) is 16.0 Å². The van der Waals surface area contributed by atoms with Crippen molar-refractivity contribution in [2.45, 2.75) is 66.2 Å². The molecule has 34 heavy (non-hydrogen) atoms. The van der Waals surface area contributed by atoms with E-state index in [-0.39, 0.29) is 23.2 Å². The average Bonchev–Trinajstić information content (AvgIpc) is 2.83. The molecule has 0 heterocycles. The molecule has 0 saturated heterocycles. The number of rotatable bonds is 11. The van der Waals surface area contributed by atoms with Crippen molar-refractivity contribution in [3.63, 3.8) is 0 Å². The molecule has 0 saturated carbocycles. The fraction of sp³-hybridized carbons (Fsp3) is 0.609. The van der Waals surface area contributed by atoms with Crippen LogP contribution in [0.15, 0.2) is 0 Å². The molecule has 194 valence electrons. The summed E-state index contributed by atoms with van der Waals surface area (Å²) in [7, 11) is 0. The van der Waals surface area contributed by atoms with Gasteiger partial charge in [-0.05, 0) is 43.9 Å². The molecule has 11 nitrogen and oxygen atoms in total. The highest BCUT2D eigenvalue weighted by Crippen LogP contribution is 2.32. The summed E-state index contributed by atoms with van der Waals surface area (Å²) in [5.74, 6) is -2.09. The van der Waals surface area contributed by atoms with Crippen molar-refractivity contribution in [1.82, 2.24) is 10.6 Å². The van der Waals surface area contributed by atoms with Gasteiger partial charge < -0.3 is 41.5 Å². The molecule has 0 radical (unpaired) electrons. The Morgan fingerprint density at radius 1 is 0.794 bits per heavy atom. The summed E-state index contributed by atoms with van der Waals surface area (Å²) in [5.41, 5.74) is 1.30. The Morgan fingerprint density at radius 3 is 1.41 bits per heavy atom. The molecule has 0 aromatic heterocycles. The van der Waals surface area contributed by atoms with Gasteiger partial charge in [-0.15, -0.1) is 0 Å². The van der Waals surface area contributed by atoms with E-state index in [0.29, 0.717) is 16.7 Å². The summed E-state index contributed by atoms with van der Waals surface area (Å²) in [6, 6.07) is -1.87. The number of aliphatic hydroxyl groups excluding tert-OH is 5. The molecule has 11 heteroatoms. The molecule has 0 aliphatic rings. The van der Waals surface area contributed by atoms with E-state index < -0.39 is 62.3 Å². The van der Waals surface area contributed by atoms with Gasteiger partial charge in [-0.25, -0.2) is 0 Å². The molecule has 1 atom stereocenters. The van der Waals surface area contributed by atoms with Crippen LogP contribution in [-0.4, -0.2) is 87.9 Å². The fourth-order valence-corrected chi connectivity index (χ4v) is 3.31. The zero-order chi connectivity index (χ0) is 26.6. The molecule has 8 N–H and O–H groups in total. The van der Waals surface area contributed by atoms with E-state index in [1.807, 2.05) is 13.8 Å². The summed E-state index contributed by atoms with van der Waals surface area (Å²) < 4.78 is 0. The Kier molecular flexibility index (Phi) is 14.2. The van der Waals surface area contributed by atoms with Crippen LogP contribution < -0.4 is 16.0 Å². The number of hydrogen-bond donors (Lipinski definition) is 8. The normalized spacial score (nSPS) is 11.6. The average molecular weight is 486 g/mol. The topological polar surface area (TPSA) is 188 Å². The first kappa shape index (κ1) is 31.4. The zero-order valence-corrected chi connectivity index (χ0v) is 20.7. The lowest BCUT2D eigenvalue weighted by atomic mass is 9.87. The molecule has 1 aromatic rings. The number of amides is 3. The summed E-state index contributed by atoms with van der Waals surface area (Å²) in [6.07, 6.45) is -1.11. The quantitative estimate of drug-likeness (QED) is 0.203. The highest BCUT2D eigenvalue weighted by Gasteiger charge is 2.29. The van der Waals surface area contributed by atoms with Crippen molar-refractivity contribution in [2.75, 3.05) is 31.7 Å². The molecule has 0 aliphatic heterocycles. The predicted molar refractivity (Wildman–Crippen MR) is 128 cm³/mol. The van der Waals surface area contributed by atoms with Gasteiger partial charge in [-0.3, -0.25) is 14.4 Å². The maximum Gasteiger partial charge on any atom is 0.252 e. The zero-order valence-electron chi connectivity index (χ0n) is 20.7. The monoisotopic (exact) mass is 485 g/mol. The minimum absolute atomic E-state index is 0.0700. The Bertz CT molecular complexity index is 781. The maximum atomic E-state index is 13.1. The second-order valence-electron chi connectivity index (χ2n) is 7.44. The van der Waals surface area contributed by atoms with E-state index in [9.17, 15) is 39.9 Å². The highest BCUT2D eigenvalue weighted by molar-refractivity contribution is 6.08. The van der Waals surface area contributed by atoms with Gasteiger partial charge in [-0.2, -0.15) is 0 Å². The van der Waals surface area contributed by atoms with Crippen molar-refractivity contribution in [3.8, 4) is 0 Å². The van der Waals surface area contributed by atoms with Crippen LogP contribution in [-0.2, 0) is 11.2 Å². The number of carbonyl (C=O) groups excluding carboxylic acids is 3. The van der Waals surface area contributed by atoms with Crippen molar-refractivity contribution in [3.05, 3.63) is 27.8 Å². The standard InChI is InChI=1S/C21H33N3O8.C2H6/c1-5-15-16(20(31)22-13(6-25)7-26)10(2)18(24-19(30)12(4)29)11(3)17(15)21(32)23-14(8-27)9-28;1-2/h12-14,25-29H,5-9H2,1-4H3,(H,22,31)(H,23,32)(H,24,30);1-2H3. The third-order valence-electron chi connectivity index (χ3n) is 5.09. The molecule has 0 bridgehead atoms. The largest absolute Gasteiger partial charge is 0.394 e. The highest BCUT2D eigenvalue weighted by atomic mass is 16.3. The minimum Gasteiger partial charge on any atom is -0.394 e. The lowest BCUT2D eigenvalue weighted by molar-refractivity contribution is -0.123. The number of hydrogen-bond acceptors (Lipinski definition) is 8. The van der Waals surface area contributed by atoms with E-state index in [0.717, 1.165) is 0 Å². The number of aliphatic hydroxyl groups is 5. The van der Waals surface area contributed by atoms with Crippen LogP contribution in [0.5, 0.6) is 0 Å². The first-order chi connectivity index (χ1) is 16.1. The van der Waals surface area contributed by atoms with Gasteiger partial charge >= 0.3 is 0 Å². The van der Waals surface area contributed by atoms with Gasteiger partial charge in [0.2, 0.25) is 0 Å². The van der Waals surface area contributed by atoms with Crippen LogP contribution in [0.25, 0.3) is 0 Å². The van der Waals surface area contributed by atoms with E-state index >= 15 is 0 Å². The van der Waals surface area contributed by atoms with Gasteiger partial charge in [0, 0.05) is 16.8 Å². The Balaban J connectivity index is 0.00000529. The second kappa shape index (κ2) is 15.4. The molecule has 0 fully saturated rings. The number of anilines is 1. The molecule has 0 spiro atoms. The fourth-order valence-electron chi connectivity index (χ4n) is 3.31. The molecule has 1 aromatic carbocycles. The van der Waals surface area contributed by atoms with Crippen molar-refractivity contribution >= 4 is 23.4 Å². The minimum atomic E-state index is -1.35. The second-order valence-corrected chi connectivity index (χ2v) is 7.44. The van der Waals surface area contributed by atoms with Crippen LogP contribution >= 0.6 is 0 Å². The molecule has 3 amide bonds. The van der Waals surface area contributed by atoms with E-state index in [4.69, 9.17) is 0 Å². The summed E-state index contributed by atoms with van der Waals surface area (Å²) in [4.78, 5) is 38.3. The lowest BCUT2D eigenvalue weighted by Crippen LogP contribution is -2.42. The molecule has 0 aliphatic carbocycles. The molecular formula is C23H39N3O8. The van der Waals surface area contributed by atoms with Crippen molar-refractivity contribution < 1.29 is 39.9 Å². The van der Waals surface area contributed by atoms with Crippen LogP contribution in [0.3, 0.4) is 0 Å². The van der Waals surface area contributed by atoms with Gasteiger partial charge in [0.1, 0.15) is 6.10 Å². The first-order valence-electron chi connectivity index (χ1n) is 11.3. The first-order valence-corrected chi connectivity index (χ1v) is 11.3. The summed E-state index contributed by atoms with van der Waals surface area (Å²) in [6.45, 7) is 8.08. The Hall–Kier alpha value is -2.57. The third-order valence-corrected chi connectivity index (χ3v) is 5.09. The van der Waals surface area contributed by atoms with Crippen molar-refractivity contribution in [1.29, 1.82) is 0 Å². The van der Waals surface area contributed by atoms with Gasteiger partial charge in [0.05, 0.1) is 38.5 Å². The van der Waals surface area contributed by atoms with Gasteiger partial charge in [0.25, 0.3) is 17.7 Å². The molecule has 1 rings (SSSR count). The Morgan fingerprint density at radius 2 is 1.15 bits per heavy atom. The van der Waals surface area contributed by atoms with Gasteiger partial charge in [-0.1, -0.05) is 20.8 Å². The number of benzene rings is 1. The SMILES string of the molecule is CC.CCc1c(C(=O)NC(CO)CO)c(C)c(NC(=O)C(C)O)c(C)c1C(=O)NC(CO)CO. The molecule has 1 unspecified atom stereocenters. The third kappa shape index (κ3) is 7.74. The van der Waals surface area contributed by atoms with Crippen LogP contribution in [0.1, 0.15) is 65.1 Å². The van der Waals surface area contributed by atoms with Crippen LogP contribution in [0, 0.1) is 13.8 Å². The van der Waals surface area contributed by atoms with E-state index in [1.54, 1.807) is 20.8 Å². The van der Waals surface area contributed by atoms with Crippen LogP contribution in [0.2, 0.25) is 0 Å².